The topological polar surface area (TPSA) is 50.1 Å². The zero-order chi connectivity index (χ0) is 19.6. The predicted octanol–water partition coefficient (Wildman–Crippen LogP) is 5.67. The minimum absolute atomic E-state index is 0.270. The summed E-state index contributed by atoms with van der Waals surface area (Å²) in [5.74, 6) is 0.516. The van der Waals surface area contributed by atoms with E-state index in [2.05, 4.69) is 62.9 Å². The summed E-state index contributed by atoms with van der Waals surface area (Å²) in [6.07, 6.45) is 3.78. The Bertz CT molecular complexity index is 785. The second-order valence-corrected chi connectivity index (χ2v) is 6.87. The van der Waals surface area contributed by atoms with E-state index in [9.17, 15) is 4.79 Å². The van der Waals surface area contributed by atoms with Crippen LogP contribution >= 0.6 is 0 Å². The Morgan fingerprint density at radius 1 is 1.11 bits per heavy atom. The number of nitrogens with zero attached hydrogens (tertiary/aromatic N) is 1. The Morgan fingerprint density at radius 2 is 1.70 bits per heavy atom. The first-order valence-electron chi connectivity index (χ1n) is 9.41. The lowest BCUT2D eigenvalue weighted by molar-refractivity contribution is -0.138. The molecule has 0 heterocycles. The Kier molecular flexibility index (Phi) is 7.82. The molecule has 0 aliphatic heterocycles. The van der Waals surface area contributed by atoms with Crippen LogP contribution in [0.5, 0.6) is 0 Å². The van der Waals surface area contributed by atoms with Crippen LogP contribution in [0.4, 0.5) is 0 Å². The third kappa shape index (κ3) is 6.11. The van der Waals surface area contributed by atoms with E-state index >= 15 is 0 Å². The van der Waals surface area contributed by atoms with Crippen molar-refractivity contribution in [3.05, 3.63) is 83.4 Å². The maximum Gasteiger partial charge on any atom is 0.330 e. The molecule has 0 aliphatic rings. The number of carbonyl (C=O) groups excluding carboxylic acids is 1. The Morgan fingerprint density at radius 3 is 2.26 bits per heavy atom. The zero-order valence-corrected chi connectivity index (χ0v) is 16.2. The normalized spacial score (nSPS) is 12.6. The number of nitriles is 1. The lowest BCUT2D eigenvalue weighted by Crippen LogP contribution is -2.04. The maximum atomic E-state index is 11.2. The van der Waals surface area contributed by atoms with E-state index in [1.54, 1.807) is 0 Å². The highest BCUT2D eigenvalue weighted by molar-refractivity contribution is 5.81. The molecule has 0 fully saturated rings. The van der Waals surface area contributed by atoms with Crippen LogP contribution in [0.1, 0.15) is 60.8 Å². The first-order valence-corrected chi connectivity index (χ1v) is 9.41. The van der Waals surface area contributed by atoms with Crippen LogP contribution in [0.25, 0.3) is 0 Å². The van der Waals surface area contributed by atoms with E-state index < -0.39 is 5.97 Å². The number of benzene rings is 2. The van der Waals surface area contributed by atoms with E-state index in [4.69, 9.17) is 10.00 Å². The van der Waals surface area contributed by atoms with Gasteiger partial charge in [0.05, 0.1) is 12.5 Å². The lowest BCUT2D eigenvalue weighted by Gasteiger charge is -2.21. The summed E-state index contributed by atoms with van der Waals surface area (Å²) in [6.45, 7) is 8.14. The third-order valence-corrected chi connectivity index (χ3v) is 4.96. The summed E-state index contributed by atoms with van der Waals surface area (Å²) in [5, 5.41) is 8.80. The molecule has 140 valence electrons. The summed E-state index contributed by atoms with van der Waals surface area (Å²) in [5.41, 5.74) is 4.66. The maximum absolute atomic E-state index is 11.2. The first kappa shape index (κ1) is 20.5. The molecule has 0 saturated carbocycles. The van der Waals surface area contributed by atoms with Crippen molar-refractivity contribution in [1.82, 2.24) is 0 Å². The lowest BCUT2D eigenvalue weighted by atomic mass is 9.84. The average molecular weight is 361 g/mol. The Hall–Kier alpha value is -2.86. The van der Waals surface area contributed by atoms with Gasteiger partial charge in [-0.2, -0.15) is 5.26 Å². The van der Waals surface area contributed by atoms with Gasteiger partial charge in [0.15, 0.2) is 0 Å². The van der Waals surface area contributed by atoms with E-state index in [1.807, 2.05) is 12.1 Å². The number of carbonyl (C=O) groups is 1. The van der Waals surface area contributed by atoms with Crippen LogP contribution in [0.3, 0.4) is 0 Å². The summed E-state index contributed by atoms with van der Waals surface area (Å²) in [7, 11) is 0. The van der Waals surface area contributed by atoms with E-state index in [0.29, 0.717) is 18.3 Å². The monoisotopic (exact) mass is 361 g/mol. The summed E-state index contributed by atoms with van der Waals surface area (Å²) in [6, 6.07) is 18.9. The molecule has 27 heavy (non-hydrogen) atoms. The average Bonchev–Trinajstić information content (AvgIpc) is 2.71. The second kappa shape index (κ2) is 10.3. The van der Waals surface area contributed by atoms with Crippen molar-refractivity contribution < 1.29 is 9.53 Å². The van der Waals surface area contributed by atoms with Crippen LogP contribution in [0.2, 0.25) is 0 Å². The molecule has 0 amide bonds. The third-order valence-electron chi connectivity index (χ3n) is 4.96. The fraction of sp³-hybridized carbons (Fsp3) is 0.333. The van der Waals surface area contributed by atoms with E-state index in [0.717, 1.165) is 24.0 Å². The van der Waals surface area contributed by atoms with Crippen LogP contribution in [0.15, 0.2) is 61.2 Å². The largest absolute Gasteiger partial charge is 0.458 e. The molecule has 0 radical (unpaired) electrons. The summed E-state index contributed by atoms with van der Waals surface area (Å²) >= 11 is 0. The number of hydrogen-bond acceptors (Lipinski definition) is 3. The molecule has 2 aromatic carbocycles. The molecule has 3 heteroatoms. The standard InChI is InChI=1S/C24H27NO2/c1-4-21(23-12-6-19(7-13-23)14-15-25)16-18(3)22-10-8-20(9-11-22)17-27-24(26)5-2/h5-13,18,21H,2,4,14,16-17H2,1,3H3. The molecular weight excluding hydrogens is 334 g/mol. The van der Waals surface area contributed by atoms with Gasteiger partial charge in [0, 0.05) is 6.08 Å². The second-order valence-electron chi connectivity index (χ2n) is 6.87. The molecular formula is C24H27NO2. The summed E-state index contributed by atoms with van der Waals surface area (Å²) in [4.78, 5) is 11.2. The Balaban J connectivity index is 1.99. The van der Waals surface area contributed by atoms with Gasteiger partial charge in [-0.05, 0) is 46.9 Å². The van der Waals surface area contributed by atoms with Crippen molar-refractivity contribution in [2.75, 3.05) is 0 Å². The van der Waals surface area contributed by atoms with Crippen molar-refractivity contribution in [3.63, 3.8) is 0 Å². The molecule has 2 aromatic rings. The van der Waals surface area contributed by atoms with Crippen LogP contribution in [-0.2, 0) is 22.6 Å². The molecule has 0 spiro atoms. The minimum Gasteiger partial charge on any atom is -0.458 e. The van der Waals surface area contributed by atoms with Gasteiger partial charge in [-0.1, -0.05) is 69.0 Å². The van der Waals surface area contributed by atoms with Crippen molar-refractivity contribution in [1.29, 1.82) is 5.26 Å². The molecule has 0 aliphatic carbocycles. The number of ether oxygens (including phenoxy) is 1. The molecule has 2 rings (SSSR count). The van der Waals surface area contributed by atoms with Gasteiger partial charge >= 0.3 is 5.97 Å². The highest BCUT2D eigenvalue weighted by Gasteiger charge is 2.15. The highest BCUT2D eigenvalue weighted by atomic mass is 16.5. The predicted molar refractivity (Wildman–Crippen MR) is 108 cm³/mol. The van der Waals surface area contributed by atoms with Crippen molar-refractivity contribution in [2.45, 2.75) is 51.6 Å². The molecule has 0 aromatic heterocycles. The van der Waals surface area contributed by atoms with Crippen molar-refractivity contribution >= 4 is 5.97 Å². The van der Waals surface area contributed by atoms with Crippen LogP contribution in [0, 0.1) is 11.3 Å². The highest BCUT2D eigenvalue weighted by Crippen LogP contribution is 2.32. The first-order chi connectivity index (χ1) is 13.1. The summed E-state index contributed by atoms with van der Waals surface area (Å²) < 4.78 is 5.07. The SMILES string of the molecule is C=CC(=O)OCc1ccc(C(C)CC(CC)c2ccc(CC#N)cc2)cc1. The fourth-order valence-electron chi connectivity index (χ4n) is 3.26. The van der Waals surface area contributed by atoms with Gasteiger partial charge < -0.3 is 4.74 Å². The number of rotatable bonds is 9. The molecule has 2 atom stereocenters. The molecule has 3 nitrogen and oxygen atoms in total. The van der Waals surface area contributed by atoms with Crippen LogP contribution < -0.4 is 0 Å². The van der Waals surface area contributed by atoms with Gasteiger partial charge in [-0.15, -0.1) is 0 Å². The number of esters is 1. The van der Waals surface area contributed by atoms with Gasteiger partial charge in [0.2, 0.25) is 0 Å². The molecule has 0 bridgehead atoms. The van der Waals surface area contributed by atoms with E-state index in [1.165, 1.54) is 17.2 Å². The van der Waals surface area contributed by atoms with Gasteiger partial charge in [-0.25, -0.2) is 4.79 Å². The molecule has 0 N–H and O–H groups in total. The quantitative estimate of drug-likeness (QED) is 0.427. The van der Waals surface area contributed by atoms with Crippen molar-refractivity contribution in [2.24, 2.45) is 0 Å². The molecule has 0 saturated heterocycles. The van der Waals surface area contributed by atoms with E-state index in [-0.39, 0.29) is 6.61 Å². The van der Waals surface area contributed by atoms with Gasteiger partial charge in [0.25, 0.3) is 0 Å². The van der Waals surface area contributed by atoms with Gasteiger partial charge in [0.1, 0.15) is 6.61 Å². The zero-order valence-electron chi connectivity index (χ0n) is 16.2. The fourth-order valence-corrected chi connectivity index (χ4v) is 3.26. The van der Waals surface area contributed by atoms with Crippen molar-refractivity contribution in [3.8, 4) is 6.07 Å². The van der Waals surface area contributed by atoms with Gasteiger partial charge in [-0.3, -0.25) is 0 Å². The number of hydrogen-bond donors (Lipinski definition) is 0. The van der Waals surface area contributed by atoms with Crippen LogP contribution in [-0.4, -0.2) is 5.97 Å². The smallest absolute Gasteiger partial charge is 0.330 e. The molecule has 2 unspecified atom stereocenters. The Labute approximate surface area is 162 Å². The minimum atomic E-state index is -0.404.